The van der Waals surface area contributed by atoms with Gasteiger partial charge in [0, 0.05) is 21.7 Å². The van der Waals surface area contributed by atoms with Crippen molar-refractivity contribution in [2.75, 3.05) is 5.32 Å². The summed E-state index contributed by atoms with van der Waals surface area (Å²) in [5.41, 5.74) is 1.21. The smallest absolute Gasteiger partial charge is 0.272 e. The zero-order valence-corrected chi connectivity index (χ0v) is 13.5. The Labute approximate surface area is 135 Å². The second-order valence-corrected chi connectivity index (χ2v) is 6.49. The van der Waals surface area contributed by atoms with E-state index in [1.54, 1.807) is 30.5 Å². The third kappa shape index (κ3) is 2.87. The van der Waals surface area contributed by atoms with E-state index in [-0.39, 0.29) is 5.91 Å². The van der Waals surface area contributed by atoms with Crippen molar-refractivity contribution in [3.8, 4) is 0 Å². The van der Waals surface area contributed by atoms with Crippen LogP contribution in [-0.2, 0) is 0 Å². The second-order valence-electron chi connectivity index (χ2n) is 4.76. The number of nitrogens with one attached hydrogen (secondary N) is 1. The lowest BCUT2D eigenvalue weighted by Gasteiger charge is -2.10. The van der Waals surface area contributed by atoms with E-state index in [1.165, 1.54) is 0 Å². The number of amides is 1. The summed E-state index contributed by atoms with van der Waals surface area (Å²) >= 11 is 15.3. The maximum Gasteiger partial charge on any atom is 0.272 e. The van der Waals surface area contributed by atoms with E-state index < -0.39 is 0 Å². The zero-order chi connectivity index (χ0) is 14.3. The van der Waals surface area contributed by atoms with E-state index in [9.17, 15) is 4.79 Å². The topological polar surface area (TPSA) is 34.0 Å². The van der Waals surface area contributed by atoms with E-state index >= 15 is 0 Å². The van der Waals surface area contributed by atoms with Crippen LogP contribution in [0.1, 0.15) is 29.4 Å². The van der Waals surface area contributed by atoms with Crippen LogP contribution < -0.4 is 5.32 Å². The van der Waals surface area contributed by atoms with Gasteiger partial charge in [-0.05, 0) is 53.0 Å². The Morgan fingerprint density at radius 3 is 2.70 bits per heavy atom. The Morgan fingerprint density at radius 2 is 2.00 bits per heavy atom. The van der Waals surface area contributed by atoms with Gasteiger partial charge in [0.05, 0.1) is 10.7 Å². The highest BCUT2D eigenvalue weighted by atomic mass is 79.9. The third-order valence-corrected chi connectivity index (χ3v) is 4.30. The van der Waals surface area contributed by atoms with Crippen LogP contribution in [-0.4, -0.2) is 10.5 Å². The van der Waals surface area contributed by atoms with Crippen molar-refractivity contribution >= 4 is 50.7 Å². The number of carbonyl (C=O) groups excluding carboxylic acids is 1. The highest BCUT2D eigenvalue weighted by Crippen LogP contribution is 2.37. The molecule has 6 heteroatoms. The molecule has 3 rings (SSSR count). The molecule has 1 amide bonds. The first-order valence-electron chi connectivity index (χ1n) is 6.18. The summed E-state index contributed by atoms with van der Waals surface area (Å²) in [4.78, 5) is 12.4. The molecular weight excluding hydrogens is 363 g/mol. The first kappa shape index (κ1) is 14.0. The summed E-state index contributed by atoms with van der Waals surface area (Å²) in [6, 6.07) is 7.34. The number of hydrogen-bond acceptors (Lipinski definition) is 1. The highest BCUT2D eigenvalue weighted by molar-refractivity contribution is 9.10. The standard InChI is InChI=1S/C14H11BrCl2N2O/c15-11-4-1-8(16)5-12(11)18-14(20)13-6-9(17)7-19(13)10-2-3-10/h1,4-7,10H,2-3H2,(H,18,20). The summed E-state index contributed by atoms with van der Waals surface area (Å²) in [7, 11) is 0. The molecule has 1 heterocycles. The Kier molecular flexibility index (Phi) is 3.80. The van der Waals surface area contributed by atoms with Gasteiger partial charge in [-0.15, -0.1) is 0 Å². The molecule has 0 unspecified atom stereocenters. The summed E-state index contributed by atoms with van der Waals surface area (Å²) in [6.07, 6.45) is 3.99. The molecule has 0 spiro atoms. The maximum atomic E-state index is 12.4. The first-order chi connectivity index (χ1) is 9.54. The Morgan fingerprint density at radius 1 is 1.25 bits per heavy atom. The fourth-order valence-corrected chi connectivity index (χ4v) is 2.79. The van der Waals surface area contributed by atoms with Crippen LogP contribution in [0.3, 0.4) is 0 Å². The average molecular weight is 374 g/mol. The molecule has 1 aromatic heterocycles. The van der Waals surface area contributed by atoms with Crippen molar-refractivity contribution < 1.29 is 4.79 Å². The minimum Gasteiger partial charge on any atom is -0.339 e. The van der Waals surface area contributed by atoms with Gasteiger partial charge in [-0.3, -0.25) is 4.79 Å². The van der Waals surface area contributed by atoms with Gasteiger partial charge in [-0.2, -0.15) is 0 Å². The molecule has 3 nitrogen and oxygen atoms in total. The van der Waals surface area contributed by atoms with E-state index in [0.717, 1.165) is 17.3 Å². The number of halogens is 3. The molecule has 0 atom stereocenters. The number of aromatic nitrogens is 1. The van der Waals surface area contributed by atoms with Crippen molar-refractivity contribution in [3.05, 3.63) is 50.7 Å². The molecule has 1 N–H and O–H groups in total. The molecule has 0 radical (unpaired) electrons. The molecule has 1 aromatic carbocycles. The average Bonchev–Trinajstić information content (AvgIpc) is 3.17. The van der Waals surface area contributed by atoms with E-state index in [1.807, 2.05) is 4.57 Å². The SMILES string of the molecule is O=C(Nc1cc(Cl)ccc1Br)c1cc(Cl)cn1C1CC1. The number of rotatable bonds is 3. The Balaban J connectivity index is 1.87. The lowest BCUT2D eigenvalue weighted by atomic mass is 10.3. The van der Waals surface area contributed by atoms with Gasteiger partial charge in [0.2, 0.25) is 0 Å². The van der Waals surface area contributed by atoms with Crippen LogP contribution in [0.15, 0.2) is 34.9 Å². The van der Waals surface area contributed by atoms with Crippen molar-refractivity contribution in [1.82, 2.24) is 4.57 Å². The van der Waals surface area contributed by atoms with Gasteiger partial charge in [-0.1, -0.05) is 23.2 Å². The molecule has 104 valence electrons. The molecule has 0 saturated heterocycles. The monoisotopic (exact) mass is 372 g/mol. The lowest BCUT2D eigenvalue weighted by Crippen LogP contribution is -2.16. The van der Waals surface area contributed by atoms with E-state index in [0.29, 0.717) is 27.5 Å². The zero-order valence-electron chi connectivity index (χ0n) is 10.4. The van der Waals surface area contributed by atoms with Gasteiger partial charge in [0.15, 0.2) is 0 Å². The summed E-state index contributed by atoms with van der Waals surface area (Å²) in [6.45, 7) is 0. The van der Waals surface area contributed by atoms with Gasteiger partial charge in [-0.25, -0.2) is 0 Å². The Bertz CT molecular complexity index is 680. The molecule has 20 heavy (non-hydrogen) atoms. The normalized spacial score (nSPS) is 14.3. The summed E-state index contributed by atoms with van der Waals surface area (Å²) in [5.74, 6) is -0.188. The van der Waals surface area contributed by atoms with Gasteiger partial charge in [0.25, 0.3) is 5.91 Å². The maximum absolute atomic E-state index is 12.4. The van der Waals surface area contributed by atoms with Crippen LogP contribution in [0.4, 0.5) is 5.69 Å². The van der Waals surface area contributed by atoms with Crippen molar-refractivity contribution in [3.63, 3.8) is 0 Å². The molecule has 1 saturated carbocycles. The minimum atomic E-state index is -0.188. The molecular formula is C14H11BrCl2N2O. The largest absolute Gasteiger partial charge is 0.339 e. The fourth-order valence-electron chi connectivity index (χ4n) is 2.06. The molecule has 2 aromatic rings. The minimum absolute atomic E-state index is 0.188. The second kappa shape index (κ2) is 5.43. The molecule has 0 bridgehead atoms. The number of carbonyl (C=O) groups is 1. The molecule has 0 aliphatic heterocycles. The lowest BCUT2D eigenvalue weighted by molar-refractivity contribution is 0.101. The summed E-state index contributed by atoms with van der Waals surface area (Å²) < 4.78 is 2.72. The molecule has 1 fully saturated rings. The fraction of sp³-hybridized carbons (Fsp3) is 0.214. The number of anilines is 1. The van der Waals surface area contributed by atoms with Crippen LogP contribution >= 0.6 is 39.1 Å². The van der Waals surface area contributed by atoms with Crippen molar-refractivity contribution in [2.45, 2.75) is 18.9 Å². The van der Waals surface area contributed by atoms with Crippen molar-refractivity contribution in [1.29, 1.82) is 0 Å². The van der Waals surface area contributed by atoms with Crippen LogP contribution in [0.2, 0.25) is 10.0 Å². The van der Waals surface area contributed by atoms with Gasteiger partial charge < -0.3 is 9.88 Å². The van der Waals surface area contributed by atoms with Gasteiger partial charge >= 0.3 is 0 Å². The Hall–Kier alpha value is -0.970. The number of hydrogen-bond donors (Lipinski definition) is 1. The predicted octanol–water partition coefficient (Wildman–Crippen LogP) is 5.14. The van der Waals surface area contributed by atoms with E-state index in [4.69, 9.17) is 23.2 Å². The molecule has 1 aliphatic carbocycles. The highest BCUT2D eigenvalue weighted by Gasteiger charge is 2.28. The molecule has 1 aliphatic rings. The number of benzene rings is 1. The summed E-state index contributed by atoms with van der Waals surface area (Å²) in [5, 5.41) is 4.00. The third-order valence-electron chi connectivity index (χ3n) is 3.16. The first-order valence-corrected chi connectivity index (χ1v) is 7.73. The van der Waals surface area contributed by atoms with Gasteiger partial charge in [0.1, 0.15) is 5.69 Å². The van der Waals surface area contributed by atoms with E-state index in [2.05, 4.69) is 21.2 Å². The van der Waals surface area contributed by atoms with Crippen LogP contribution in [0.5, 0.6) is 0 Å². The van der Waals surface area contributed by atoms with Crippen LogP contribution in [0.25, 0.3) is 0 Å². The number of nitrogens with zero attached hydrogens (tertiary/aromatic N) is 1. The predicted molar refractivity (Wildman–Crippen MR) is 84.8 cm³/mol. The quantitative estimate of drug-likeness (QED) is 0.793. The van der Waals surface area contributed by atoms with Crippen LogP contribution in [0, 0.1) is 0 Å². The van der Waals surface area contributed by atoms with Crippen molar-refractivity contribution in [2.24, 2.45) is 0 Å².